The number of carbonyl (C=O) groups is 4. The predicted octanol–water partition coefficient (Wildman–Crippen LogP) is 10.4. The van der Waals surface area contributed by atoms with Crippen LogP contribution in [0.4, 0.5) is 41.7 Å². The van der Waals surface area contributed by atoms with Gasteiger partial charge < -0.3 is 46.2 Å². The monoisotopic (exact) mass is 1110 g/mol. The van der Waals surface area contributed by atoms with Crippen LogP contribution in [0.2, 0.25) is 0 Å². The van der Waals surface area contributed by atoms with E-state index in [-0.39, 0.29) is 59.5 Å². The Kier molecular flexibility index (Phi) is 20.8. The Bertz CT molecular complexity index is 2850. The molecule has 20 heteroatoms. The van der Waals surface area contributed by atoms with Gasteiger partial charge in [0, 0.05) is 76.6 Å². The number of hydrogen-bond donors (Lipinski definition) is 6. The quantitative estimate of drug-likeness (QED) is 0.0321. The molecule has 0 saturated carbocycles. The molecule has 4 atom stereocenters. The maximum atomic E-state index is 14.1. The molecule has 0 spiro atoms. The fourth-order valence-corrected chi connectivity index (χ4v) is 11.0. The van der Waals surface area contributed by atoms with Crippen molar-refractivity contribution < 1.29 is 42.2 Å². The Labute approximate surface area is 466 Å². The van der Waals surface area contributed by atoms with Crippen LogP contribution in [0.1, 0.15) is 125 Å². The highest BCUT2D eigenvalue weighted by molar-refractivity contribution is 7.13. The number of carbonyl (C=O) groups excluding carboxylic acids is 4. The van der Waals surface area contributed by atoms with E-state index in [4.69, 9.17) is 4.74 Å². The van der Waals surface area contributed by atoms with Crippen molar-refractivity contribution in [1.29, 1.82) is 0 Å². The number of benzene rings is 3. The summed E-state index contributed by atoms with van der Waals surface area (Å²) in [5, 5.41) is 25.1. The lowest BCUT2D eigenvalue weighted by Gasteiger charge is -2.36. The van der Waals surface area contributed by atoms with Crippen molar-refractivity contribution in [3.8, 4) is 16.2 Å². The van der Waals surface area contributed by atoms with Crippen LogP contribution in [0.25, 0.3) is 10.4 Å². The van der Waals surface area contributed by atoms with E-state index in [1.807, 2.05) is 82.6 Å². The summed E-state index contributed by atoms with van der Waals surface area (Å²) >= 11 is 1.58. The first kappa shape index (κ1) is 59.9. The van der Waals surface area contributed by atoms with Crippen molar-refractivity contribution in [2.75, 3.05) is 69.0 Å². The predicted molar refractivity (Wildman–Crippen MR) is 305 cm³/mol. The zero-order valence-electron chi connectivity index (χ0n) is 46.5. The van der Waals surface area contributed by atoms with E-state index in [0.29, 0.717) is 24.3 Å². The number of para-hydroxylation sites is 1. The molecule has 3 aromatic carbocycles. The number of aromatic nitrogens is 2. The van der Waals surface area contributed by atoms with Gasteiger partial charge in [0.2, 0.25) is 17.7 Å². The number of rotatable bonds is 24. The van der Waals surface area contributed by atoms with Gasteiger partial charge in [-0.15, -0.1) is 11.3 Å². The number of hydrogen-bond acceptors (Lipinski definition) is 13. The second-order valence-electron chi connectivity index (χ2n) is 21.7. The van der Waals surface area contributed by atoms with E-state index >= 15 is 0 Å². The van der Waals surface area contributed by atoms with E-state index < -0.39 is 41.2 Å². The lowest BCUT2D eigenvalue weighted by Crippen LogP contribution is -2.57. The first-order valence-corrected chi connectivity index (χ1v) is 28.3. The summed E-state index contributed by atoms with van der Waals surface area (Å²) in [7, 11) is 2.99. The van der Waals surface area contributed by atoms with E-state index in [9.17, 15) is 37.5 Å². The van der Waals surface area contributed by atoms with Gasteiger partial charge in [-0.2, -0.15) is 13.2 Å². The maximum Gasteiger partial charge on any atom is 0.419 e. The van der Waals surface area contributed by atoms with Crippen LogP contribution >= 0.6 is 11.3 Å². The third-order valence-corrected chi connectivity index (χ3v) is 15.7. The summed E-state index contributed by atoms with van der Waals surface area (Å²) in [5.41, 5.74) is 4.79. The molecule has 4 amide bonds. The van der Waals surface area contributed by atoms with E-state index in [2.05, 4.69) is 46.4 Å². The fraction of sp³-hybridized carbons (Fsp3) is 0.492. The number of amides is 4. The lowest BCUT2D eigenvalue weighted by atomic mass is 9.85. The fourth-order valence-electron chi connectivity index (χ4n) is 10.2. The molecule has 5 aromatic rings. The number of halogens is 3. The van der Waals surface area contributed by atoms with Crippen LogP contribution in [0, 0.1) is 12.3 Å². The summed E-state index contributed by atoms with van der Waals surface area (Å²) in [6.07, 6.45) is 3.90. The number of aliphatic hydroxyl groups excluding tert-OH is 1. The van der Waals surface area contributed by atoms with E-state index in [1.54, 1.807) is 30.6 Å². The number of pyridine rings is 1. The molecule has 79 heavy (non-hydrogen) atoms. The van der Waals surface area contributed by atoms with Gasteiger partial charge in [0.05, 0.1) is 63.5 Å². The first-order chi connectivity index (χ1) is 37.7. The second kappa shape index (κ2) is 27.4. The standard InChI is InChI=1S/C59H77F3N10O6S/c1-38(40-21-23-41(24-22-40)53-39(2)65-37-79-53)66-56(76)49-33-43(73)36-72(49)57(77)54(58(3,4)5)69-52(74)20-14-12-10-8-9-11-13-17-27-70-28-30-71(31-29-70)42-25-26-47(50(32-42)78-7)68-51-34-48(45(35-64-51)59(60,61)62)67-46-19-16-15-18-44(46)55(75)63-6/h15-16,18-19,21-26,32,34-35,37-38,43,49,54,73H,8-14,17,20,27-31,33,36H2,1-7H3,(H,63,75)(H,66,76)(H,69,74)(H2,64,67,68)/t38-,43+,49-,54+/m0/s1. The normalized spacial score (nSPS) is 16.7. The van der Waals surface area contributed by atoms with Crippen molar-refractivity contribution in [3.05, 3.63) is 107 Å². The van der Waals surface area contributed by atoms with Gasteiger partial charge in [-0.1, -0.05) is 95.7 Å². The van der Waals surface area contributed by atoms with E-state index in [0.717, 1.165) is 111 Å². The number of likely N-dealkylation sites (tertiary alicyclic amines) is 1. The van der Waals surface area contributed by atoms with Gasteiger partial charge in [0.1, 0.15) is 23.7 Å². The van der Waals surface area contributed by atoms with Gasteiger partial charge >= 0.3 is 6.18 Å². The topological polar surface area (TPSA) is 193 Å². The Morgan fingerprint density at radius 3 is 2.15 bits per heavy atom. The number of methoxy groups -OCH3 is 1. The van der Waals surface area contributed by atoms with Crippen LogP contribution in [0.15, 0.2) is 84.5 Å². The number of β-amino-alcohol motifs (C(OH)–C–C–N with tert-alkyl or cyclic N) is 1. The van der Waals surface area contributed by atoms with Crippen LogP contribution in [-0.2, 0) is 20.6 Å². The molecule has 426 valence electrons. The molecule has 0 unspecified atom stereocenters. The minimum atomic E-state index is -4.70. The summed E-state index contributed by atoms with van der Waals surface area (Å²) in [6, 6.07) is 19.2. The molecule has 0 bridgehead atoms. The third-order valence-electron chi connectivity index (χ3n) is 14.8. The zero-order valence-corrected chi connectivity index (χ0v) is 47.3. The molecule has 6 N–H and O–H groups in total. The van der Waals surface area contributed by atoms with Gasteiger partial charge in [-0.3, -0.25) is 24.1 Å². The second-order valence-corrected chi connectivity index (χ2v) is 22.5. The Morgan fingerprint density at radius 1 is 0.823 bits per heavy atom. The third kappa shape index (κ3) is 16.2. The molecule has 4 heterocycles. The van der Waals surface area contributed by atoms with Crippen molar-refractivity contribution in [2.45, 2.75) is 129 Å². The number of thiazole rings is 1. The molecular formula is C59H77F3N10O6S. The molecule has 2 saturated heterocycles. The largest absolute Gasteiger partial charge is 0.494 e. The van der Waals surface area contributed by atoms with Crippen LogP contribution in [0.3, 0.4) is 0 Å². The first-order valence-electron chi connectivity index (χ1n) is 27.4. The molecule has 0 radical (unpaired) electrons. The number of nitrogens with zero attached hydrogens (tertiary/aromatic N) is 5. The van der Waals surface area contributed by atoms with Gasteiger partial charge in [0.15, 0.2) is 0 Å². The van der Waals surface area contributed by atoms with Crippen molar-refractivity contribution in [2.24, 2.45) is 5.41 Å². The number of unbranched alkanes of at least 4 members (excludes halogenated alkanes) is 7. The average Bonchev–Trinajstić information content (AvgIpc) is 4.10. The maximum absolute atomic E-state index is 14.1. The highest BCUT2D eigenvalue weighted by Crippen LogP contribution is 2.39. The summed E-state index contributed by atoms with van der Waals surface area (Å²) in [5.74, 6) is -0.687. The number of piperazine rings is 1. The smallest absolute Gasteiger partial charge is 0.419 e. The zero-order chi connectivity index (χ0) is 56.9. The molecule has 16 nitrogen and oxygen atoms in total. The number of anilines is 5. The molecule has 2 aliphatic rings. The van der Waals surface area contributed by atoms with Crippen LogP contribution in [-0.4, -0.2) is 120 Å². The molecule has 2 fully saturated rings. The Hall–Kier alpha value is -6.77. The number of aliphatic hydroxyl groups is 1. The number of aryl methyl sites for hydroxylation is 1. The number of alkyl halides is 3. The van der Waals surface area contributed by atoms with Crippen LogP contribution in [0.5, 0.6) is 5.75 Å². The SMILES string of the molecule is CNC(=O)c1ccccc1Nc1cc(Nc2ccc(N3CCN(CCCCCCCCCCC(=O)N[C@H](C(=O)N4C[C@H](O)C[C@H]4C(=O)N[C@@H](C)c4ccc(-c5scnc5C)cc4)C(C)(C)C)CC3)cc2OC)ncc1C(F)(F)F. The minimum absolute atomic E-state index is 0.0192. The van der Waals surface area contributed by atoms with Gasteiger partial charge in [0.25, 0.3) is 5.91 Å². The van der Waals surface area contributed by atoms with Gasteiger partial charge in [-0.25, -0.2) is 9.97 Å². The highest BCUT2D eigenvalue weighted by atomic mass is 32.1. The lowest BCUT2D eigenvalue weighted by molar-refractivity contribution is -0.144. The Balaban J connectivity index is 0.780. The summed E-state index contributed by atoms with van der Waals surface area (Å²) < 4.78 is 48.0. The van der Waals surface area contributed by atoms with Crippen LogP contribution < -0.4 is 36.2 Å². The van der Waals surface area contributed by atoms with Crippen molar-refractivity contribution >= 4 is 63.5 Å². The van der Waals surface area contributed by atoms with Gasteiger partial charge in [-0.05, 0) is 74.0 Å². The number of nitrogens with one attached hydrogen (secondary N) is 5. The molecule has 0 aliphatic carbocycles. The summed E-state index contributed by atoms with van der Waals surface area (Å²) in [6.45, 7) is 14.1. The molecule has 2 aliphatic heterocycles. The molecule has 2 aromatic heterocycles. The number of ether oxygens (including phenoxy) is 1. The minimum Gasteiger partial charge on any atom is -0.494 e. The van der Waals surface area contributed by atoms with Crippen molar-refractivity contribution in [3.63, 3.8) is 0 Å². The van der Waals surface area contributed by atoms with Crippen molar-refractivity contribution in [1.82, 2.24) is 35.7 Å². The highest BCUT2D eigenvalue weighted by Gasteiger charge is 2.45. The molecule has 7 rings (SSSR count). The average molecular weight is 1110 g/mol. The van der Waals surface area contributed by atoms with E-state index in [1.165, 1.54) is 30.1 Å². The molecular weight excluding hydrogens is 1030 g/mol. The Morgan fingerprint density at radius 2 is 1.51 bits per heavy atom. The summed E-state index contributed by atoms with van der Waals surface area (Å²) in [4.78, 5) is 69.3.